The number of aromatic nitrogens is 4. The van der Waals surface area contributed by atoms with Crippen molar-refractivity contribution in [2.75, 3.05) is 13.1 Å². The molecule has 0 unspecified atom stereocenters. The lowest BCUT2D eigenvalue weighted by Crippen LogP contribution is -2.38. The molecular formula is C16H17N5O. The Kier molecular flexibility index (Phi) is 3.14. The summed E-state index contributed by atoms with van der Waals surface area (Å²) in [4.78, 5) is 17.2. The predicted molar refractivity (Wildman–Crippen MR) is 81.7 cm³/mol. The Morgan fingerprint density at radius 1 is 1.14 bits per heavy atom. The largest absolute Gasteiger partial charge is 0.357 e. The van der Waals surface area contributed by atoms with E-state index >= 15 is 0 Å². The molecule has 1 aliphatic heterocycles. The standard InChI is InChI=1S/C16H17N5O/c22-16(13-4-3-8-17-13)20-10-6-12(7-11-20)15-19-18-14-5-1-2-9-21(14)15/h1-5,8-9,12,17H,6-7,10-11H2. The lowest BCUT2D eigenvalue weighted by Gasteiger charge is -2.31. The van der Waals surface area contributed by atoms with E-state index in [2.05, 4.69) is 15.2 Å². The van der Waals surface area contributed by atoms with E-state index in [0.717, 1.165) is 37.4 Å². The van der Waals surface area contributed by atoms with Crippen LogP contribution >= 0.6 is 0 Å². The normalized spacial score (nSPS) is 16.3. The van der Waals surface area contributed by atoms with Crippen molar-refractivity contribution in [3.8, 4) is 0 Å². The van der Waals surface area contributed by atoms with Gasteiger partial charge in [0.1, 0.15) is 11.5 Å². The van der Waals surface area contributed by atoms with E-state index in [-0.39, 0.29) is 5.91 Å². The number of aromatic amines is 1. The molecule has 22 heavy (non-hydrogen) atoms. The van der Waals surface area contributed by atoms with Crippen molar-refractivity contribution in [2.24, 2.45) is 0 Å². The van der Waals surface area contributed by atoms with Crippen LogP contribution in [0.1, 0.15) is 35.1 Å². The maximum Gasteiger partial charge on any atom is 0.270 e. The van der Waals surface area contributed by atoms with Gasteiger partial charge in [0.25, 0.3) is 5.91 Å². The van der Waals surface area contributed by atoms with Gasteiger partial charge in [-0.2, -0.15) is 0 Å². The summed E-state index contributed by atoms with van der Waals surface area (Å²) in [7, 11) is 0. The number of rotatable bonds is 2. The number of nitrogens with zero attached hydrogens (tertiary/aromatic N) is 4. The maximum absolute atomic E-state index is 12.3. The Labute approximate surface area is 127 Å². The SMILES string of the molecule is O=C(c1ccc[nH]1)N1CCC(c2nnc3ccccn23)CC1. The van der Waals surface area contributed by atoms with Crippen molar-refractivity contribution in [3.05, 3.63) is 54.2 Å². The van der Waals surface area contributed by atoms with Gasteiger partial charge >= 0.3 is 0 Å². The number of fused-ring (bicyclic) bond motifs is 1. The molecule has 0 spiro atoms. The van der Waals surface area contributed by atoms with Crippen molar-refractivity contribution < 1.29 is 4.79 Å². The number of carbonyl (C=O) groups is 1. The first-order valence-electron chi connectivity index (χ1n) is 7.55. The Morgan fingerprint density at radius 2 is 2.00 bits per heavy atom. The number of likely N-dealkylation sites (tertiary alicyclic amines) is 1. The van der Waals surface area contributed by atoms with E-state index in [4.69, 9.17) is 0 Å². The first-order chi connectivity index (χ1) is 10.8. The Morgan fingerprint density at radius 3 is 2.77 bits per heavy atom. The molecule has 6 heteroatoms. The molecule has 0 aliphatic carbocycles. The number of carbonyl (C=O) groups excluding carboxylic acids is 1. The van der Waals surface area contributed by atoms with Crippen molar-refractivity contribution in [3.63, 3.8) is 0 Å². The fraction of sp³-hybridized carbons (Fsp3) is 0.312. The molecule has 0 bridgehead atoms. The van der Waals surface area contributed by atoms with E-state index in [9.17, 15) is 4.79 Å². The van der Waals surface area contributed by atoms with Gasteiger partial charge in [-0.05, 0) is 37.1 Å². The van der Waals surface area contributed by atoms with Gasteiger partial charge in [-0.3, -0.25) is 9.20 Å². The molecular weight excluding hydrogens is 278 g/mol. The molecule has 1 fully saturated rings. The van der Waals surface area contributed by atoms with Gasteiger partial charge in [0, 0.05) is 31.4 Å². The third-order valence-corrected chi connectivity index (χ3v) is 4.32. The van der Waals surface area contributed by atoms with Crippen LogP contribution in [-0.2, 0) is 0 Å². The third kappa shape index (κ3) is 2.16. The molecule has 0 saturated carbocycles. The summed E-state index contributed by atoms with van der Waals surface area (Å²) in [5, 5.41) is 8.56. The second-order valence-electron chi connectivity index (χ2n) is 5.64. The minimum atomic E-state index is 0.0783. The monoisotopic (exact) mass is 295 g/mol. The number of H-pyrrole nitrogens is 1. The van der Waals surface area contributed by atoms with Gasteiger partial charge in [-0.15, -0.1) is 10.2 Å². The average molecular weight is 295 g/mol. The summed E-state index contributed by atoms with van der Waals surface area (Å²) in [6.07, 6.45) is 5.62. The van der Waals surface area contributed by atoms with Gasteiger partial charge in [0.2, 0.25) is 0 Å². The maximum atomic E-state index is 12.3. The van der Waals surface area contributed by atoms with E-state index in [1.54, 1.807) is 6.20 Å². The highest BCUT2D eigenvalue weighted by Crippen LogP contribution is 2.27. The van der Waals surface area contributed by atoms with Crippen LogP contribution in [0, 0.1) is 0 Å². The highest BCUT2D eigenvalue weighted by Gasteiger charge is 2.27. The first-order valence-corrected chi connectivity index (χ1v) is 7.55. The van der Waals surface area contributed by atoms with Gasteiger partial charge in [-0.1, -0.05) is 6.07 Å². The van der Waals surface area contributed by atoms with Crippen molar-refractivity contribution >= 4 is 11.6 Å². The molecule has 1 N–H and O–H groups in total. The third-order valence-electron chi connectivity index (χ3n) is 4.32. The molecule has 0 radical (unpaired) electrons. The summed E-state index contributed by atoms with van der Waals surface area (Å²) in [5.41, 5.74) is 1.54. The van der Waals surface area contributed by atoms with Crippen molar-refractivity contribution in [1.29, 1.82) is 0 Å². The first kappa shape index (κ1) is 13.1. The molecule has 3 aromatic heterocycles. The number of nitrogens with one attached hydrogen (secondary N) is 1. The molecule has 0 aromatic carbocycles. The summed E-state index contributed by atoms with van der Waals surface area (Å²) >= 11 is 0. The van der Waals surface area contributed by atoms with Crippen LogP contribution in [0.3, 0.4) is 0 Å². The zero-order valence-electron chi connectivity index (χ0n) is 12.1. The lowest BCUT2D eigenvalue weighted by molar-refractivity contribution is 0.0705. The summed E-state index contributed by atoms with van der Waals surface area (Å²) in [6, 6.07) is 9.58. The minimum absolute atomic E-state index is 0.0783. The van der Waals surface area contributed by atoms with Crippen LogP contribution in [0.25, 0.3) is 5.65 Å². The van der Waals surface area contributed by atoms with Gasteiger partial charge < -0.3 is 9.88 Å². The van der Waals surface area contributed by atoms with Gasteiger partial charge in [0.05, 0.1) is 0 Å². The average Bonchev–Trinajstić information content (AvgIpc) is 3.24. The topological polar surface area (TPSA) is 66.3 Å². The quantitative estimate of drug-likeness (QED) is 0.787. The van der Waals surface area contributed by atoms with Crippen molar-refractivity contribution in [1.82, 2.24) is 24.5 Å². The second-order valence-corrected chi connectivity index (χ2v) is 5.64. The molecule has 6 nitrogen and oxygen atoms in total. The van der Waals surface area contributed by atoms with Crippen LogP contribution in [0.5, 0.6) is 0 Å². The number of hydrogen-bond donors (Lipinski definition) is 1. The van der Waals surface area contributed by atoms with Crippen LogP contribution in [0.4, 0.5) is 0 Å². The van der Waals surface area contributed by atoms with E-state index in [0.29, 0.717) is 11.6 Å². The van der Waals surface area contributed by atoms with Gasteiger partial charge in [-0.25, -0.2) is 0 Å². The summed E-state index contributed by atoms with van der Waals surface area (Å²) in [6.45, 7) is 1.51. The molecule has 1 saturated heterocycles. The number of amides is 1. The summed E-state index contributed by atoms with van der Waals surface area (Å²) < 4.78 is 2.05. The number of hydrogen-bond acceptors (Lipinski definition) is 3. The minimum Gasteiger partial charge on any atom is -0.357 e. The highest BCUT2D eigenvalue weighted by atomic mass is 16.2. The van der Waals surface area contributed by atoms with Gasteiger partial charge in [0.15, 0.2) is 5.65 Å². The van der Waals surface area contributed by atoms with E-state index in [1.165, 1.54) is 0 Å². The predicted octanol–water partition coefficient (Wildman–Crippen LogP) is 2.08. The number of piperidine rings is 1. The zero-order chi connectivity index (χ0) is 14.9. The smallest absolute Gasteiger partial charge is 0.270 e. The molecule has 112 valence electrons. The lowest BCUT2D eigenvalue weighted by atomic mass is 9.96. The fourth-order valence-electron chi connectivity index (χ4n) is 3.11. The molecule has 4 rings (SSSR count). The molecule has 4 heterocycles. The summed E-state index contributed by atoms with van der Waals surface area (Å²) in [5.74, 6) is 1.43. The van der Waals surface area contributed by atoms with E-state index < -0.39 is 0 Å². The highest BCUT2D eigenvalue weighted by molar-refractivity contribution is 5.92. The molecule has 0 atom stereocenters. The molecule has 1 amide bonds. The fourth-order valence-corrected chi connectivity index (χ4v) is 3.11. The van der Waals surface area contributed by atoms with Crippen LogP contribution in [0.15, 0.2) is 42.7 Å². The van der Waals surface area contributed by atoms with Crippen LogP contribution in [-0.4, -0.2) is 43.5 Å². The molecule has 1 aliphatic rings. The second kappa shape index (κ2) is 5.29. The van der Waals surface area contributed by atoms with Crippen molar-refractivity contribution in [2.45, 2.75) is 18.8 Å². The van der Waals surface area contributed by atoms with Crippen LogP contribution < -0.4 is 0 Å². The van der Waals surface area contributed by atoms with Crippen LogP contribution in [0.2, 0.25) is 0 Å². The zero-order valence-corrected chi connectivity index (χ0v) is 12.1. The van der Waals surface area contributed by atoms with E-state index in [1.807, 2.05) is 45.8 Å². The Hall–Kier alpha value is -2.63. The Balaban J connectivity index is 1.49. The number of pyridine rings is 1. The molecule has 3 aromatic rings. The Bertz CT molecular complexity index is 784.